The first-order valence-electron chi connectivity index (χ1n) is 4.56. The van der Waals surface area contributed by atoms with Crippen molar-refractivity contribution >= 4 is 29.1 Å². The zero-order valence-electron chi connectivity index (χ0n) is 8.47. The van der Waals surface area contributed by atoms with Gasteiger partial charge >= 0.3 is 5.97 Å². The molecule has 1 rings (SSSR count). The highest BCUT2D eigenvalue weighted by Crippen LogP contribution is 2.15. The molecule has 3 N–H and O–H groups in total. The third-order valence-electron chi connectivity index (χ3n) is 1.81. The van der Waals surface area contributed by atoms with E-state index >= 15 is 0 Å². The van der Waals surface area contributed by atoms with Crippen LogP contribution in [0.4, 0.5) is 0 Å². The molecule has 0 aliphatic carbocycles. The third kappa shape index (κ3) is 4.63. The fourth-order valence-corrected chi connectivity index (χ4v) is 2.63. The monoisotopic (exact) mass is 246 g/mol. The maximum absolute atomic E-state index is 10.4. The predicted octanol–water partition coefficient (Wildman–Crippen LogP) is 1.49. The second-order valence-electron chi connectivity index (χ2n) is 3.14. The van der Waals surface area contributed by atoms with Crippen molar-refractivity contribution in [3.63, 3.8) is 0 Å². The Labute approximate surface area is 96.9 Å². The first-order chi connectivity index (χ1) is 7.09. The van der Waals surface area contributed by atoms with Crippen LogP contribution >= 0.6 is 23.1 Å². The SMILES string of the molecule is Cc1nc(CSCCC(N)C(=O)O)cs1. The second-order valence-corrected chi connectivity index (χ2v) is 5.31. The average Bonchev–Trinajstić information content (AvgIpc) is 2.58. The molecule has 0 aliphatic heterocycles. The highest BCUT2D eigenvalue weighted by atomic mass is 32.2. The lowest BCUT2D eigenvalue weighted by molar-refractivity contribution is -0.138. The highest BCUT2D eigenvalue weighted by molar-refractivity contribution is 7.98. The molecule has 0 radical (unpaired) electrons. The van der Waals surface area contributed by atoms with Gasteiger partial charge in [0.15, 0.2) is 0 Å². The number of hydrogen-bond donors (Lipinski definition) is 2. The topological polar surface area (TPSA) is 76.2 Å². The summed E-state index contributed by atoms with van der Waals surface area (Å²) in [6.07, 6.45) is 0.503. The Kier molecular flexibility index (Phi) is 5.07. The molecule has 1 heterocycles. The van der Waals surface area contributed by atoms with E-state index in [9.17, 15) is 4.79 Å². The molecule has 84 valence electrons. The van der Waals surface area contributed by atoms with Gasteiger partial charge in [0.2, 0.25) is 0 Å². The van der Waals surface area contributed by atoms with E-state index in [0.717, 1.165) is 22.2 Å². The van der Waals surface area contributed by atoms with Crippen molar-refractivity contribution < 1.29 is 9.90 Å². The molecule has 0 spiro atoms. The minimum Gasteiger partial charge on any atom is -0.480 e. The molecule has 0 amide bonds. The van der Waals surface area contributed by atoms with Crippen LogP contribution in [0.25, 0.3) is 0 Å². The Hall–Kier alpha value is -0.590. The van der Waals surface area contributed by atoms with Crippen molar-refractivity contribution in [2.75, 3.05) is 5.75 Å². The van der Waals surface area contributed by atoms with Crippen molar-refractivity contribution in [1.29, 1.82) is 0 Å². The van der Waals surface area contributed by atoms with Crippen LogP contribution in [0.2, 0.25) is 0 Å². The van der Waals surface area contributed by atoms with Crippen LogP contribution in [0.1, 0.15) is 17.1 Å². The number of nitrogens with zero attached hydrogens (tertiary/aromatic N) is 1. The molecule has 1 aromatic rings. The van der Waals surface area contributed by atoms with Crippen LogP contribution in [0, 0.1) is 6.92 Å². The molecule has 15 heavy (non-hydrogen) atoms. The third-order valence-corrected chi connectivity index (χ3v) is 3.65. The predicted molar refractivity (Wildman–Crippen MR) is 63.2 cm³/mol. The van der Waals surface area contributed by atoms with Gasteiger partial charge in [-0.15, -0.1) is 11.3 Å². The van der Waals surface area contributed by atoms with Crippen molar-refractivity contribution in [3.05, 3.63) is 16.1 Å². The first kappa shape index (κ1) is 12.5. The van der Waals surface area contributed by atoms with E-state index in [0.29, 0.717) is 6.42 Å². The van der Waals surface area contributed by atoms with Gasteiger partial charge in [0.05, 0.1) is 10.7 Å². The zero-order valence-corrected chi connectivity index (χ0v) is 10.1. The number of aromatic nitrogens is 1. The fourth-order valence-electron chi connectivity index (χ4n) is 0.985. The number of aryl methyl sites for hydroxylation is 1. The summed E-state index contributed by atoms with van der Waals surface area (Å²) in [5.41, 5.74) is 6.44. The Balaban J connectivity index is 2.14. The Bertz CT molecular complexity index is 328. The van der Waals surface area contributed by atoms with E-state index in [1.54, 1.807) is 23.1 Å². The number of nitrogens with two attached hydrogens (primary N) is 1. The van der Waals surface area contributed by atoms with E-state index in [2.05, 4.69) is 4.98 Å². The quantitative estimate of drug-likeness (QED) is 0.744. The Morgan fingerprint density at radius 2 is 2.53 bits per heavy atom. The number of carboxylic acids is 1. The Morgan fingerprint density at radius 1 is 1.80 bits per heavy atom. The lowest BCUT2D eigenvalue weighted by atomic mass is 10.2. The van der Waals surface area contributed by atoms with Gasteiger partial charge < -0.3 is 10.8 Å². The molecule has 1 aromatic heterocycles. The van der Waals surface area contributed by atoms with Gasteiger partial charge in [-0.2, -0.15) is 11.8 Å². The largest absolute Gasteiger partial charge is 0.480 e. The molecular formula is C9H14N2O2S2. The van der Waals surface area contributed by atoms with E-state index in [1.165, 1.54) is 0 Å². The number of carbonyl (C=O) groups is 1. The number of thioether (sulfide) groups is 1. The van der Waals surface area contributed by atoms with Crippen LogP contribution in [0.5, 0.6) is 0 Å². The lowest BCUT2D eigenvalue weighted by Crippen LogP contribution is -2.30. The summed E-state index contributed by atoms with van der Waals surface area (Å²) >= 11 is 3.30. The summed E-state index contributed by atoms with van der Waals surface area (Å²) in [4.78, 5) is 14.7. The van der Waals surface area contributed by atoms with Crippen LogP contribution < -0.4 is 5.73 Å². The van der Waals surface area contributed by atoms with Gasteiger partial charge in [-0.3, -0.25) is 4.79 Å². The van der Waals surface area contributed by atoms with E-state index in [-0.39, 0.29) is 0 Å². The second kappa shape index (κ2) is 6.09. The molecule has 0 bridgehead atoms. The average molecular weight is 246 g/mol. The maximum Gasteiger partial charge on any atom is 0.320 e. The molecule has 0 aromatic carbocycles. The van der Waals surface area contributed by atoms with Crippen molar-refractivity contribution in [2.45, 2.75) is 25.1 Å². The van der Waals surface area contributed by atoms with Crippen LogP contribution in [-0.4, -0.2) is 27.9 Å². The van der Waals surface area contributed by atoms with Crippen LogP contribution in [0.3, 0.4) is 0 Å². The molecule has 0 saturated carbocycles. The molecular weight excluding hydrogens is 232 g/mol. The summed E-state index contributed by atoms with van der Waals surface area (Å²) in [6, 6.07) is -0.741. The van der Waals surface area contributed by atoms with Crippen LogP contribution in [0.15, 0.2) is 5.38 Å². The Morgan fingerprint density at radius 3 is 3.07 bits per heavy atom. The number of thiazole rings is 1. The van der Waals surface area contributed by atoms with Crippen LogP contribution in [-0.2, 0) is 10.5 Å². The van der Waals surface area contributed by atoms with Gasteiger partial charge in [0.1, 0.15) is 6.04 Å². The van der Waals surface area contributed by atoms with Gasteiger partial charge in [-0.1, -0.05) is 0 Å². The lowest BCUT2D eigenvalue weighted by Gasteiger charge is -2.04. The molecule has 4 nitrogen and oxygen atoms in total. The molecule has 0 aliphatic rings. The summed E-state index contributed by atoms with van der Waals surface area (Å²) in [5, 5.41) is 11.6. The highest BCUT2D eigenvalue weighted by Gasteiger charge is 2.10. The van der Waals surface area contributed by atoms with Crippen molar-refractivity contribution in [3.8, 4) is 0 Å². The van der Waals surface area contributed by atoms with Crippen molar-refractivity contribution in [2.24, 2.45) is 5.73 Å². The number of aliphatic carboxylic acids is 1. The smallest absolute Gasteiger partial charge is 0.320 e. The fraction of sp³-hybridized carbons (Fsp3) is 0.556. The number of hydrogen-bond acceptors (Lipinski definition) is 5. The molecule has 0 fully saturated rings. The minimum atomic E-state index is -0.930. The number of rotatable bonds is 6. The van der Waals surface area contributed by atoms with E-state index < -0.39 is 12.0 Å². The number of carboxylic acid groups (broad SMARTS) is 1. The maximum atomic E-state index is 10.4. The van der Waals surface area contributed by atoms with E-state index in [1.807, 2.05) is 12.3 Å². The van der Waals surface area contributed by atoms with Gasteiger partial charge in [-0.05, 0) is 19.1 Å². The standard InChI is InChI=1S/C9H14N2O2S2/c1-6-11-7(5-15-6)4-14-3-2-8(10)9(12)13/h5,8H,2-4,10H2,1H3,(H,12,13). The first-order valence-corrected chi connectivity index (χ1v) is 6.60. The minimum absolute atomic E-state index is 0.503. The summed E-state index contributed by atoms with van der Waals surface area (Å²) in [6.45, 7) is 1.97. The summed E-state index contributed by atoms with van der Waals surface area (Å²) in [5.74, 6) is 0.654. The van der Waals surface area contributed by atoms with E-state index in [4.69, 9.17) is 10.8 Å². The molecule has 0 saturated heterocycles. The zero-order chi connectivity index (χ0) is 11.3. The van der Waals surface area contributed by atoms with Crippen molar-refractivity contribution in [1.82, 2.24) is 4.98 Å². The normalized spacial score (nSPS) is 12.7. The summed E-state index contributed by atoms with van der Waals surface area (Å²) < 4.78 is 0. The molecule has 6 heteroatoms. The van der Waals surface area contributed by atoms with Gasteiger partial charge in [0, 0.05) is 11.1 Å². The van der Waals surface area contributed by atoms with Gasteiger partial charge in [-0.25, -0.2) is 4.98 Å². The molecule has 1 unspecified atom stereocenters. The summed E-state index contributed by atoms with van der Waals surface area (Å²) in [7, 11) is 0. The molecule has 1 atom stereocenters. The van der Waals surface area contributed by atoms with Gasteiger partial charge in [0.25, 0.3) is 0 Å².